The van der Waals surface area contributed by atoms with E-state index in [0.717, 1.165) is 11.5 Å². The van der Waals surface area contributed by atoms with E-state index in [2.05, 4.69) is 16.9 Å². The van der Waals surface area contributed by atoms with Crippen LogP contribution in [0.3, 0.4) is 0 Å². The number of esters is 1. The molecule has 1 heterocycles. The van der Waals surface area contributed by atoms with Crippen LogP contribution in [0.1, 0.15) is 76.7 Å². The number of ether oxygens (including phenoxy) is 1. The van der Waals surface area contributed by atoms with E-state index in [1.807, 2.05) is 24.5 Å². The van der Waals surface area contributed by atoms with Crippen LogP contribution in [0.5, 0.6) is 5.75 Å². The quantitative estimate of drug-likeness (QED) is 0.303. The van der Waals surface area contributed by atoms with Gasteiger partial charge < -0.3 is 4.74 Å². The fourth-order valence-corrected chi connectivity index (χ4v) is 4.12. The van der Waals surface area contributed by atoms with Gasteiger partial charge in [0.2, 0.25) is 0 Å². The molecule has 1 fully saturated rings. The van der Waals surface area contributed by atoms with Gasteiger partial charge in [0.1, 0.15) is 11.7 Å². The smallest absolute Gasteiger partial charge is 0.328 e. The normalized spacial score (nSPS) is 19.6. The van der Waals surface area contributed by atoms with E-state index in [0.29, 0.717) is 17.5 Å². The number of nitriles is 1. The summed E-state index contributed by atoms with van der Waals surface area (Å²) >= 11 is 0. The third-order valence-corrected chi connectivity index (χ3v) is 6.06. The molecule has 3 rings (SSSR count). The van der Waals surface area contributed by atoms with E-state index >= 15 is 0 Å². The molecule has 0 aliphatic heterocycles. The fourth-order valence-electron chi connectivity index (χ4n) is 4.12. The first-order valence-electron chi connectivity index (χ1n) is 11.1. The number of aromatic nitrogens is 2. The second-order valence-corrected chi connectivity index (χ2v) is 8.35. The molecule has 1 aromatic carbocycles. The van der Waals surface area contributed by atoms with Crippen LogP contribution in [0.4, 0.5) is 0 Å². The predicted molar refractivity (Wildman–Crippen MR) is 117 cm³/mol. The van der Waals surface area contributed by atoms with E-state index < -0.39 is 11.9 Å². The third kappa shape index (κ3) is 5.89. The summed E-state index contributed by atoms with van der Waals surface area (Å²) in [6, 6.07) is 9.00. The predicted octanol–water partition coefficient (Wildman–Crippen LogP) is 6.06. The summed E-state index contributed by atoms with van der Waals surface area (Å²) in [6.45, 7) is 3.78. The van der Waals surface area contributed by atoms with Gasteiger partial charge in [0.15, 0.2) is 5.82 Å². The number of nitrogens with zero attached hydrogens (tertiary/aromatic N) is 3. The molecule has 0 spiro atoms. The Kier molecular flexibility index (Phi) is 7.96. The van der Waals surface area contributed by atoms with E-state index in [9.17, 15) is 4.79 Å². The average Bonchev–Trinajstić information content (AvgIpc) is 2.79. The number of rotatable bonds is 8. The van der Waals surface area contributed by atoms with Gasteiger partial charge in [-0.1, -0.05) is 44.7 Å². The molecule has 1 aliphatic rings. The lowest BCUT2D eigenvalue weighted by Crippen LogP contribution is -2.16. The number of carbonyl (C=O) groups excluding carboxylic acids is 1. The third-order valence-electron chi connectivity index (χ3n) is 6.06. The molecular weight excluding hydrogens is 374 g/mol. The van der Waals surface area contributed by atoms with Gasteiger partial charge in [0.05, 0.1) is 6.07 Å². The first-order chi connectivity index (χ1) is 14.6. The summed E-state index contributed by atoms with van der Waals surface area (Å²) in [5, 5.41) is 8.84. The topological polar surface area (TPSA) is 75.9 Å². The van der Waals surface area contributed by atoms with Crippen LogP contribution in [0.2, 0.25) is 0 Å². The molecule has 0 amide bonds. The van der Waals surface area contributed by atoms with Crippen LogP contribution in [0.25, 0.3) is 11.4 Å². The summed E-state index contributed by atoms with van der Waals surface area (Å²) in [5.74, 6) is 1.09. The Hall–Kier alpha value is -2.74. The van der Waals surface area contributed by atoms with Crippen LogP contribution in [0.15, 0.2) is 36.7 Å². The second-order valence-electron chi connectivity index (χ2n) is 8.35. The molecule has 1 unspecified atom stereocenters. The molecule has 1 aliphatic carbocycles. The van der Waals surface area contributed by atoms with Crippen molar-refractivity contribution in [1.82, 2.24) is 9.97 Å². The molecule has 2 aromatic rings. The molecule has 158 valence electrons. The van der Waals surface area contributed by atoms with Crippen molar-refractivity contribution in [3.8, 4) is 23.2 Å². The van der Waals surface area contributed by atoms with E-state index in [4.69, 9.17) is 10.00 Å². The Morgan fingerprint density at radius 3 is 2.60 bits per heavy atom. The van der Waals surface area contributed by atoms with Gasteiger partial charge in [-0.3, -0.25) is 4.79 Å². The van der Waals surface area contributed by atoms with E-state index in [1.54, 1.807) is 18.2 Å². The number of carbonyl (C=O) groups is 1. The Bertz CT molecular complexity index is 865. The van der Waals surface area contributed by atoms with Crippen molar-refractivity contribution in [2.24, 2.45) is 11.8 Å². The van der Waals surface area contributed by atoms with Gasteiger partial charge in [-0.05, 0) is 62.1 Å². The van der Waals surface area contributed by atoms with Crippen molar-refractivity contribution in [3.05, 3.63) is 42.2 Å². The first-order valence-corrected chi connectivity index (χ1v) is 11.1. The Morgan fingerprint density at radius 2 is 1.93 bits per heavy atom. The van der Waals surface area contributed by atoms with Gasteiger partial charge >= 0.3 is 5.97 Å². The molecule has 1 aromatic heterocycles. The van der Waals surface area contributed by atoms with Crippen LogP contribution in [-0.4, -0.2) is 15.9 Å². The molecular formula is C25H31N3O2. The summed E-state index contributed by atoms with van der Waals surface area (Å²) < 4.78 is 5.28. The Balaban J connectivity index is 1.59. The zero-order valence-electron chi connectivity index (χ0n) is 18.0. The van der Waals surface area contributed by atoms with Gasteiger partial charge in [-0.2, -0.15) is 5.26 Å². The van der Waals surface area contributed by atoms with Crippen LogP contribution >= 0.6 is 0 Å². The van der Waals surface area contributed by atoms with Crippen molar-refractivity contribution in [3.63, 3.8) is 0 Å². The average molecular weight is 406 g/mol. The maximum Gasteiger partial charge on any atom is 0.328 e. The molecule has 1 saturated carbocycles. The Labute approximate surface area is 179 Å². The van der Waals surface area contributed by atoms with Crippen LogP contribution < -0.4 is 4.74 Å². The number of hydrogen-bond donors (Lipinski definition) is 0. The monoisotopic (exact) mass is 405 g/mol. The van der Waals surface area contributed by atoms with Crippen LogP contribution in [0, 0.1) is 23.2 Å². The molecule has 0 radical (unpaired) electrons. The number of unbranched alkanes of at least 4 members (excludes halogenated alkanes) is 2. The lowest BCUT2D eigenvalue weighted by atomic mass is 9.77. The molecule has 0 bridgehead atoms. The van der Waals surface area contributed by atoms with Crippen LogP contribution in [-0.2, 0) is 4.79 Å². The van der Waals surface area contributed by atoms with Gasteiger partial charge in [0.25, 0.3) is 0 Å². The maximum absolute atomic E-state index is 11.8. The van der Waals surface area contributed by atoms with Crippen molar-refractivity contribution < 1.29 is 9.53 Å². The lowest BCUT2D eigenvalue weighted by Gasteiger charge is -2.28. The fraction of sp³-hybridized carbons (Fsp3) is 0.520. The van der Waals surface area contributed by atoms with Crippen molar-refractivity contribution in [2.75, 3.05) is 0 Å². The minimum atomic E-state index is -0.800. The van der Waals surface area contributed by atoms with Gasteiger partial charge in [-0.15, -0.1) is 0 Å². The molecule has 5 nitrogen and oxygen atoms in total. The highest BCUT2D eigenvalue weighted by atomic mass is 16.5. The maximum atomic E-state index is 11.8. The molecule has 5 heteroatoms. The zero-order valence-corrected chi connectivity index (χ0v) is 18.0. The highest BCUT2D eigenvalue weighted by molar-refractivity contribution is 5.77. The largest absolute Gasteiger partial charge is 0.426 e. The summed E-state index contributed by atoms with van der Waals surface area (Å²) in [7, 11) is 0. The zero-order chi connectivity index (χ0) is 21.3. The molecule has 0 N–H and O–H groups in total. The molecule has 0 saturated heterocycles. The lowest BCUT2D eigenvalue weighted by molar-refractivity contribution is -0.136. The SMILES string of the molecule is CCCCCC1CCC(c2cnc(-c3cccc(OC(=O)C(C)C#N)c3)nc2)CC1. The summed E-state index contributed by atoms with van der Waals surface area (Å²) in [6.07, 6.45) is 14.4. The standard InChI is InChI=1S/C25H31N3O2/c1-3-4-5-7-19-10-12-20(13-11-19)22-16-27-24(28-17-22)21-8-6-9-23(14-21)30-25(29)18(2)15-26/h6,8-9,14,16-20H,3-5,7,10-13H2,1-2H3. The second kappa shape index (κ2) is 10.9. The minimum absolute atomic E-state index is 0.397. The molecule has 1 atom stereocenters. The highest BCUT2D eigenvalue weighted by Crippen LogP contribution is 2.37. The van der Waals surface area contributed by atoms with Crippen molar-refractivity contribution in [2.45, 2.75) is 71.1 Å². The highest BCUT2D eigenvalue weighted by Gasteiger charge is 2.22. The number of hydrogen-bond acceptors (Lipinski definition) is 5. The van der Waals surface area contributed by atoms with Crippen molar-refractivity contribution in [1.29, 1.82) is 5.26 Å². The molecule has 30 heavy (non-hydrogen) atoms. The van der Waals surface area contributed by atoms with Gasteiger partial charge in [0, 0.05) is 18.0 Å². The van der Waals surface area contributed by atoms with E-state index in [-0.39, 0.29) is 0 Å². The van der Waals surface area contributed by atoms with Crippen molar-refractivity contribution >= 4 is 5.97 Å². The number of benzene rings is 1. The first kappa shape index (κ1) is 22.0. The Morgan fingerprint density at radius 1 is 1.20 bits per heavy atom. The summed E-state index contributed by atoms with van der Waals surface area (Å²) in [4.78, 5) is 21.0. The van der Waals surface area contributed by atoms with Gasteiger partial charge in [-0.25, -0.2) is 9.97 Å². The minimum Gasteiger partial charge on any atom is -0.426 e. The summed E-state index contributed by atoms with van der Waals surface area (Å²) in [5.41, 5.74) is 2.01. The van der Waals surface area contributed by atoms with E-state index in [1.165, 1.54) is 63.9 Å².